The molecule has 4 nitrogen and oxygen atoms in total. The van der Waals surface area contributed by atoms with Gasteiger partial charge in [-0.2, -0.15) is 0 Å². The predicted octanol–water partition coefficient (Wildman–Crippen LogP) is 3.14. The number of hydrogen-bond donors (Lipinski definition) is 2. The van der Waals surface area contributed by atoms with Crippen LogP contribution in [0.3, 0.4) is 0 Å². The molecule has 0 saturated heterocycles. The Morgan fingerprint density at radius 1 is 1.40 bits per heavy atom. The second-order valence-electron chi connectivity index (χ2n) is 4.60. The summed E-state index contributed by atoms with van der Waals surface area (Å²) in [6, 6.07) is 6.09. The lowest BCUT2D eigenvalue weighted by Gasteiger charge is -2.01. The second-order valence-corrected chi connectivity index (χ2v) is 4.60. The summed E-state index contributed by atoms with van der Waals surface area (Å²) >= 11 is 0. The van der Waals surface area contributed by atoms with Crippen LogP contribution in [0, 0.1) is 12.7 Å². The Morgan fingerprint density at radius 3 is 3.00 bits per heavy atom. The number of hydrogen-bond acceptors (Lipinski definition) is 2. The Balaban J connectivity index is 1.86. The third-order valence-electron chi connectivity index (χ3n) is 3.22. The normalized spacial score (nSPS) is 10.9. The molecule has 3 aromatic rings. The van der Waals surface area contributed by atoms with Gasteiger partial charge < -0.3 is 14.7 Å². The maximum Gasteiger partial charge on any atom is 0.287 e. The average molecular weight is 272 g/mol. The van der Waals surface area contributed by atoms with E-state index in [0.717, 1.165) is 5.56 Å². The molecule has 5 heteroatoms. The summed E-state index contributed by atoms with van der Waals surface area (Å²) in [5.74, 6) is -0.429. The molecule has 0 spiro atoms. The van der Waals surface area contributed by atoms with Crippen LogP contribution in [0.4, 0.5) is 4.39 Å². The van der Waals surface area contributed by atoms with Gasteiger partial charge in [0.15, 0.2) is 5.76 Å². The van der Waals surface area contributed by atoms with Crippen LogP contribution >= 0.6 is 0 Å². The van der Waals surface area contributed by atoms with Crippen LogP contribution in [0.1, 0.15) is 21.7 Å². The van der Waals surface area contributed by atoms with Crippen LogP contribution in [0.2, 0.25) is 0 Å². The van der Waals surface area contributed by atoms with Crippen molar-refractivity contribution in [2.75, 3.05) is 0 Å². The number of aryl methyl sites for hydroxylation is 1. The predicted molar refractivity (Wildman–Crippen MR) is 72.9 cm³/mol. The van der Waals surface area contributed by atoms with Crippen LogP contribution in [0.5, 0.6) is 0 Å². The van der Waals surface area contributed by atoms with Gasteiger partial charge in [-0.05, 0) is 36.8 Å². The molecule has 0 unspecified atom stereocenters. The first-order valence-electron chi connectivity index (χ1n) is 6.23. The highest BCUT2D eigenvalue weighted by atomic mass is 19.1. The zero-order valence-corrected chi connectivity index (χ0v) is 10.9. The van der Waals surface area contributed by atoms with E-state index in [0.29, 0.717) is 23.1 Å². The molecule has 1 amide bonds. The first-order chi connectivity index (χ1) is 9.65. The maximum absolute atomic E-state index is 13.2. The van der Waals surface area contributed by atoms with Crippen molar-refractivity contribution in [1.82, 2.24) is 10.3 Å². The summed E-state index contributed by atoms with van der Waals surface area (Å²) in [5.41, 5.74) is 2.12. The van der Waals surface area contributed by atoms with Crippen molar-refractivity contribution < 1.29 is 13.6 Å². The number of carbonyl (C=O) groups excluding carboxylic acids is 1. The van der Waals surface area contributed by atoms with Gasteiger partial charge in [0.1, 0.15) is 11.4 Å². The highest BCUT2D eigenvalue weighted by molar-refractivity contribution is 5.98. The Kier molecular flexibility index (Phi) is 3.02. The molecule has 3 rings (SSSR count). The molecule has 102 valence electrons. The Bertz CT molecular complexity index is 760. The van der Waals surface area contributed by atoms with Crippen molar-refractivity contribution in [2.45, 2.75) is 13.5 Å². The van der Waals surface area contributed by atoms with Crippen LogP contribution in [0.15, 0.2) is 41.1 Å². The number of aromatic nitrogens is 1. The fourth-order valence-corrected chi connectivity index (χ4v) is 2.14. The summed E-state index contributed by atoms with van der Waals surface area (Å²) in [7, 11) is 0. The fourth-order valence-electron chi connectivity index (χ4n) is 2.14. The molecule has 0 aliphatic rings. The van der Waals surface area contributed by atoms with E-state index in [9.17, 15) is 9.18 Å². The van der Waals surface area contributed by atoms with E-state index in [4.69, 9.17) is 4.42 Å². The summed E-state index contributed by atoms with van der Waals surface area (Å²) in [5, 5.41) is 3.39. The number of aromatic amines is 1. The third kappa shape index (κ3) is 2.18. The summed E-state index contributed by atoms with van der Waals surface area (Å²) in [6.45, 7) is 2.16. The molecule has 0 aliphatic heterocycles. The minimum absolute atomic E-state index is 0.223. The van der Waals surface area contributed by atoms with Crippen LogP contribution in [-0.4, -0.2) is 10.9 Å². The lowest BCUT2D eigenvalue weighted by Crippen LogP contribution is -2.22. The molecule has 0 atom stereocenters. The van der Waals surface area contributed by atoms with E-state index in [-0.39, 0.29) is 17.5 Å². The van der Waals surface area contributed by atoms with Gasteiger partial charge in [0.05, 0.1) is 0 Å². The molecular weight excluding hydrogens is 259 g/mol. The Hall–Kier alpha value is -2.56. The quantitative estimate of drug-likeness (QED) is 0.769. The number of H-pyrrole nitrogens is 1. The number of amides is 1. The minimum Gasteiger partial charge on any atom is -0.451 e. The van der Waals surface area contributed by atoms with Gasteiger partial charge in [-0.25, -0.2) is 4.39 Å². The van der Waals surface area contributed by atoms with Crippen LogP contribution < -0.4 is 5.32 Å². The van der Waals surface area contributed by atoms with Gasteiger partial charge in [0.25, 0.3) is 5.91 Å². The SMILES string of the molecule is Cc1c(C(=O)NCc2cc[nH]c2)oc2ccc(F)cc12. The molecule has 20 heavy (non-hydrogen) atoms. The minimum atomic E-state index is -0.347. The number of nitrogens with one attached hydrogen (secondary N) is 2. The summed E-state index contributed by atoms with van der Waals surface area (Å²) < 4.78 is 18.7. The lowest BCUT2D eigenvalue weighted by atomic mass is 10.1. The Morgan fingerprint density at radius 2 is 2.25 bits per heavy atom. The van der Waals surface area contributed by atoms with Crippen LogP contribution in [-0.2, 0) is 6.54 Å². The summed E-state index contributed by atoms with van der Waals surface area (Å²) in [6.07, 6.45) is 3.60. The highest BCUT2D eigenvalue weighted by Gasteiger charge is 2.17. The molecule has 2 N–H and O–H groups in total. The van der Waals surface area contributed by atoms with E-state index in [1.165, 1.54) is 18.2 Å². The highest BCUT2D eigenvalue weighted by Crippen LogP contribution is 2.25. The van der Waals surface area contributed by atoms with E-state index in [1.807, 2.05) is 6.07 Å². The monoisotopic (exact) mass is 272 g/mol. The number of benzene rings is 1. The van der Waals surface area contributed by atoms with Gasteiger partial charge in [-0.1, -0.05) is 0 Å². The Labute approximate surface area is 114 Å². The zero-order valence-electron chi connectivity index (χ0n) is 10.9. The van der Waals surface area contributed by atoms with Crippen molar-refractivity contribution >= 4 is 16.9 Å². The molecule has 0 aliphatic carbocycles. The number of carbonyl (C=O) groups is 1. The van der Waals surface area contributed by atoms with Crippen molar-refractivity contribution in [3.05, 3.63) is 59.4 Å². The third-order valence-corrected chi connectivity index (χ3v) is 3.22. The smallest absolute Gasteiger partial charge is 0.287 e. The van der Waals surface area contributed by atoms with Crippen LogP contribution in [0.25, 0.3) is 11.0 Å². The number of rotatable bonds is 3. The van der Waals surface area contributed by atoms with Crippen molar-refractivity contribution in [1.29, 1.82) is 0 Å². The first-order valence-corrected chi connectivity index (χ1v) is 6.23. The van der Waals surface area contributed by atoms with Gasteiger partial charge >= 0.3 is 0 Å². The fraction of sp³-hybridized carbons (Fsp3) is 0.133. The van der Waals surface area contributed by atoms with Gasteiger partial charge in [-0.15, -0.1) is 0 Å². The first kappa shape index (κ1) is 12.5. The van der Waals surface area contributed by atoms with E-state index in [2.05, 4.69) is 10.3 Å². The van der Waals surface area contributed by atoms with Crippen molar-refractivity contribution in [3.8, 4) is 0 Å². The molecular formula is C15H13FN2O2. The molecule has 0 saturated carbocycles. The zero-order chi connectivity index (χ0) is 14.1. The van der Waals surface area contributed by atoms with E-state index in [1.54, 1.807) is 19.3 Å². The second kappa shape index (κ2) is 4.85. The largest absolute Gasteiger partial charge is 0.451 e. The number of halogens is 1. The van der Waals surface area contributed by atoms with Gasteiger partial charge in [-0.3, -0.25) is 4.79 Å². The molecule has 1 aromatic carbocycles. The average Bonchev–Trinajstić information content (AvgIpc) is 3.05. The number of furan rings is 1. The number of fused-ring (bicyclic) bond motifs is 1. The van der Waals surface area contributed by atoms with E-state index >= 15 is 0 Å². The molecule has 2 aromatic heterocycles. The lowest BCUT2D eigenvalue weighted by molar-refractivity contribution is 0.0924. The standard InChI is InChI=1S/C15H13FN2O2/c1-9-12-6-11(16)2-3-13(12)20-14(9)15(19)18-8-10-4-5-17-7-10/h2-7,17H,8H2,1H3,(H,18,19). The maximum atomic E-state index is 13.2. The molecule has 2 heterocycles. The molecule has 0 radical (unpaired) electrons. The van der Waals surface area contributed by atoms with Gasteiger partial charge in [0, 0.05) is 29.9 Å². The van der Waals surface area contributed by atoms with Gasteiger partial charge in [0.2, 0.25) is 0 Å². The molecule has 0 fully saturated rings. The molecule has 0 bridgehead atoms. The topological polar surface area (TPSA) is 58.0 Å². The van der Waals surface area contributed by atoms with Crippen molar-refractivity contribution in [3.63, 3.8) is 0 Å². The van der Waals surface area contributed by atoms with E-state index < -0.39 is 0 Å². The van der Waals surface area contributed by atoms with Crippen molar-refractivity contribution in [2.24, 2.45) is 0 Å². The summed E-state index contributed by atoms with van der Waals surface area (Å²) in [4.78, 5) is 15.0.